The quantitative estimate of drug-likeness (QED) is 0.533. The minimum Gasteiger partial charge on any atom is -0.376 e. The number of rotatable bonds is 1. The van der Waals surface area contributed by atoms with Gasteiger partial charge < -0.3 is 15.2 Å². The lowest BCUT2D eigenvalue weighted by molar-refractivity contribution is -0.142. The molecule has 0 radical (unpaired) electrons. The fraction of sp³-hybridized carbons (Fsp3) is 1.00. The van der Waals surface area contributed by atoms with Gasteiger partial charge in [-0.2, -0.15) is 0 Å². The topological polar surface area (TPSA) is 44.5 Å². The number of nitrogens with two attached hydrogens (primary N) is 1. The van der Waals surface area contributed by atoms with Gasteiger partial charge >= 0.3 is 0 Å². The summed E-state index contributed by atoms with van der Waals surface area (Å²) in [4.78, 5) is 0. The van der Waals surface area contributed by atoms with Crippen LogP contribution in [0.25, 0.3) is 0 Å². The Balaban J connectivity index is 2.37. The van der Waals surface area contributed by atoms with Gasteiger partial charge in [-0.3, -0.25) is 0 Å². The van der Waals surface area contributed by atoms with Crippen molar-refractivity contribution >= 4 is 0 Å². The van der Waals surface area contributed by atoms with Crippen molar-refractivity contribution in [3.8, 4) is 0 Å². The monoisotopic (exact) mass is 131 g/mol. The second-order valence-corrected chi connectivity index (χ2v) is 2.56. The summed E-state index contributed by atoms with van der Waals surface area (Å²) < 4.78 is 10.5. The molecule has 2 N–H and O–H groups in total. The van der Waals surface area contributed by atoms with Crippen molar-refractivity contribution in [3.63, 3.8) is 0 Å². The van der Waals surface area contributed by atoms with E-state index in [1.54, 1.807) is 0 Å². The minimum atomic E-state index is -0.224. The van der Waals surface area contributed by atoms with Crippen LogP contribution in [0.5, 0.6) is 0 Å². The van der Waals surface area contributed by atoms with Crippen LogP contribution < -0.4 is 5.73 Å². The average Bonchev–Trinajstić information content (AvgIpc) is 1.90. The Kier molecular flexibility index (Phi) is 2.05. The van der Waals surface area contributed by atoms with Gasteiger partial charge in [-0.1, -0.05) is 0 Å². The minimum absolute atomic E-state index is 0.224. The summed E-state index contributed by atoms with van der Waals surface area (Å²) in [5.41, 5.74) is 5.21. The Bertz CT molecular complexity index is 89.1. The standard InChI is InChI=1S/C6H13NO2/c1-6(4-7)5-8-2-3-9-6/h2-5,7H2,1H3/t6-/m1/s1. The van der Waals surface area contributed by atoms with Crippen LogP contribution in [0.3, 0.4) is 0 Å². The fourth-order valence-electron chi connectivity index (χ4n) is 0.795. The van der Waals surface area contributed by atoms with Crippen molar-refractivity contribution in [2.75, 3.05) is 26.4 Å². The largest absolute Gasteiger partial charge is 0.376 e. The van der Waals surface area contributed by atoms with E-state index in [0.717, 1.165) is 0 Å². The molecule has 0 aromatic rings. The Morgan fingerprint density at radius 1 is 1.56 bits per heavy atom. The van der Waals surface area contributed by atoms with Crippen molar-refractivity contribution in [2.45, 2.75) is 12.5 Å². The highest BCUT2D eigenvalue weighted by Crippen LogP contribution is 2.12. The van der Waals surface area contributed by atoms with Crippen LogP contribution >= 0.6 is 0 Å². The Labute approximate surface area is 55.1 Å². The van der Waals surface area contributed by atoms with Crippen molar-refractivity contribution < 1.29 is 9.47 Å². The average molecular weight is 131 g/mol. The lowest BCUT2D eigenvalue weighted by atomic mass is 10.1. The van der Waals surface area contributed by atoms with E-state index in [9.17, 15) is 0 Å². The van der Waals surface area contributed by atoms with Crippen molar-refractivity contribution in [1.29, 1.82) is 0 Å². The molecule has 9 heavy (non-hydrogen) atoms. The molecule has 0 aromatic heterocycles. The van der Waals surface area contributed by atoms with Crippen LogP contribution in [0.2, 0.25) is 0 Å². The lowest BCUT2D eigenvalue weighted by Crippen LogP contribution is -2.46. The number of hydrogen-bond donors (Lipinski definition) is 1. The third kappa shape index (κ3) is 1.64. The predicted molar refractivity (Wildman–Crippen MR) is 34.2 cm³/mol. The van der Waals surface area contributed by atoms with Gasteiger partial charge in [0, 0.05) is 6.54 Å². The maximum Gasteiger partial charge on any atom is 0.101 e. The highest BCUT2D eigenvalue weighted by Gasteiger charge is 2.26. The second-order valence-electron chi connectivity index (χ2n) is 2.56. The van der Waals surface area contributed by atoms with Crippen LogP contribution in [-0.2, 0) is 9.47 Å². The van der Waals surface area contributed by atoms with Gasteiger partial charge in [-0.15, -0.1) is 0 Å². The summed E-state index contributed by atoms with van der Waals surface area (Å²) in [6, 6.07) is 0. The molecule has 0 bridgehead atoms. The third-order valence-corrected chi connectivity index (χ3v) is 1.52. The Hall–Kier alpha value is -0.120. The second kappa shape index (κ2) is 2.64. The van der Waals surface area contributed by atoms with Gasteiger partial charge in [-0.05, 0) is 6.92 Å². The van der Waals surface area contributed by atoms with Gasteiger partial charge in [0.05, 0.1) is 19.8 Å². The van der Waals surface area contributed by atoms with E-state index in [1.165, 1.54) is 0 Å². The molecule has 0 saturated carbocycles. The van der Waals surface area contributed by atoms with Gasteiger partial charge in [0.25, 0.3) is 0 Å². The van der Waals surface area contributed by atoms with Crippen molar-refractivity contribution in [3.05, 3.63) is 0 Å². The molecule has 1 aliphatic heterocycles. The molecule has 3 heteroatoms. The predicted octanol–water partition coefficient (Wildman–Crippen LogP) is -0.249. The molecule has 0 unspecified atom stereocenters. The summed E-state index contributed by atoms with van der Waals surface area (Å²) >= 11 is 0. The summed E-state index contributed by atoms with van der Waals surface area (Å²) in [7, 11) is 0. The molecule has 0 aromatic carbocycles. The SMILES string of the molecule is C[C@@]1(CN)COCCO1. The van der Waals surface area contributed by atoms with E-state index in [0.29, 0.717) is 26.4 Å². The molecule has 1 rings (SSSR count). The Morgan fingerprint density at radius 3 is 2.67 bits per heavy atom. The molecule has 1 fully saturated rings. The highest BCUT2D eigenvalue weighted by molar-refractivity contribution is 4.77. The van der Waals surface area contributed by atoms with Gasteiger partial charge in [0.15, 0.2) is 0 Å². The van der Waals surface area contributed by atoms with Crippen LogP contribution in [0.4, 0.5) is 0 Å². The van der Waals surface area contributed by atoms with Crippen molar-refractivity contribution in [1.82, 2.24) is 0 Å². The van der Waals surface area contributed by atoms with E-state index in [1.807, 2.05) is 6.92 Å². The molecular weight excluding hydrogens is 118 g/mol. The molecule has 1 saturated heterocycles. The zero-order valence-electron chi connectivity index (χ0n) is 5.72. The zero-order chi connectivity index (χ0) is 6.74. The summed E-state index contributed by atoms with van der Waals surface area (Å²) in [6.45, 7) is 4.51. The molecule has 0 aliphatic carbocycles. The molecule has 54 valence electrons. The smallest absolute Gasteiger partial charge is 0.101 e. The zero-order valence-corrected chi connectivity index (χ0v) is 5.72. The maximum atomic E-state index is 5.43. The normalized spacial score (nSPS) is 36.7. The summed E-state index contributed by atoms with van der Waals surface area (Å²) in [5, 5.41) is 0. The molecule has 1 heterocycles. The van der Waals surface area contributed by atoms with Crippen LogP contribution in [0.1, 0.15) is 6.92 Å². The number of ether oxygens (including phenoxy) is 2. The fourth-order valence-corrected chi connectivity index (χ4v) is 0.795. The first-order chi connectivity index (χ1) is 4.27. The van der Waals surface area contributed by atoms with E-state index >= 15 is 0 Å². The molecule has 1 aliphatic rings. The van der Waals surface area contributed by atoms with Gasteiger partial charge in [-0.25, -0.2) is 0 Å². The molecule has 1 atom stereocenters. The van der Waals surface area contributed by atoms with E-state index in [4.69, 9.17) is 15.2 Å². The van der Waals surface area contributed by atoms with Crippen LogP contribution in [-0.4, -0.2) is 32.0 Å². The third-order valence-electron chi connectivity index (χ3n) is 1.52. The first kappa shape index (κ1) is 6.99. The van der Waals surface area contributed by atoms with Crippen LogP contribution in [0.15, 0.2) is 0 Å². The van der Waals surface area contributed by atoms with E-state index < -0.39 is 0 Å². The Morgan fingerprint density at radius 2 is 2.33 bits per heavy atom. The van der Waals surface area contributed by atoms with Crippen molar-refractivity contribution in [2.24, 2.45) is 5.73 Å². The first-order valence-electron chi connectivity index (χ1n) is 3.19. The van der Waals surface area contributed by atoms with E-state index in [2.05, 4.69) is 0 Å². The summed E-state index contributed by atoms with van der Waals surface area (Å²) in [5.74, 6) is 0. The van der Waals surface area contributed by atoms with Gasteiger partial charge in [0.2, 0.25) is 0 Å². The summed E-state index contributed by atoms with van der Waals surface area (Å²) in [6.07, 6.45) is 0. The van der Waals surface area contributed by atoms with Crippen LogP contribution in [0, 0.1) is 0 Å². The lowest BCUT2D eigenvalue weighted by Gasteiger charge is -2.32. The molecule has 0 amide bonds. The first-order valence-corrected chi connectivity index (χ1v) is 3.19. The highest BCUT2D eigenvalue weighted by atomic mass is 16.6. The molecule has 0 spiro atoms. The molecule has 3 nitrogen and oxygen atoms in total. The maximum absolute atomic E-state index is 5.43. The van der Waals surface area contributed by atoms with Gasteiger partial charge in [0.1, 0.15) is 5.60 Å². The van der Waals surface area contributed by atoms with E-state index in [-0.39, 0.29) is 5.60 Å². The molecular formula is C6H13NO2. The number of hydrogen-bond acceptors (Lipinski definition) is 3.